The normalized spacial score (nSPS) is 13.1. The zero-order valence-corrected chi connectivity index (χ0v) is 23.0. The zero-order chi connectivity index (χ0) is 26.3. The Kier molecular flexibility index (Phi) is 10.4. The van der Waals surface area contributed by atoms with Gasteiger partial charge in [-0.25, -0.2) is 8.42 Å². The van der Waals surface area contributed by atoms with Gasteiger partial charge in [-0.1, -0.05) is 55.2 Å². The molecule has 0 radical (unpaired) electrons. The molecule has 0 unspecified atom stereocenters. The maximum absolute atomic E-state index is 13.7. The minimum Gasteiger partial charge on any atom is -0.352 e. The van der Waals surface area contributed by atoms with Crippen molar-refractivity contribution >= 4 is 50.7 Å². The number of nitrogens with zero attached hydrogens (tertiary/aromatic N) is 2. The average Bonchev–Trinajstić information content (AvgIpc) is 2.78. The number of hydrogen-bond acceptors (Lipinski definition) is 4. The number of halogens is 2. The molecule has 35 heavy (non-hydrogen) atoms. The standard InChI is InChI=1S/C25H33Cl2N3O4S/c1-6-18(4)28-25(32)23(7-2)29(15-19-11-12-21(26)22(27)14-19)24(31)16-30(35(5,33)34)20-10-8-9-17(3)13-20/h8-14,18,23H,6-7,15-16H2,1-5H3,(H,28,32)/t18-,23+/m0/s1. The number of amides is 2. The highest BCUT2D eigenvalue weighted by Crippen LogP contribution is 2.25. The van der Waals surface area contributed by atoms with Crippen LogP contribution in [0.4, 0.5) is 5.69 Å². The van der Waals surface area contributed by atoms with Crippen molar-refractivity contribution in [2.45, 2.75) is 59.2 Å². The van der Waals surface area contributed by atoms with Crippen molar-refractivity contribution in [3.63, 3.8) is 0 Å². The first-order valence-electron chi connectivity index (χ1n) is 11.5. The second-order valence-corrected chi connectivity index (χ2v) is 11.3. The molecular weight excluding hydrogens is 509 g/mol. The molecule has 2 aromatic carbocycles. The summed E-state index contributed by atoms with van der Waals surface area (Å²) in [5, 5.41) is 3.63. The third-order valence-corrected chi connectivity index (χ3v) is 7.57. The maximum Gasteiger partial charge on any atom is 0.244 e. The number of benzene rings is 2. The van der Waals surface area contributed by atoms with E-state index in [1.54, 1.807) is 36.4 Å². The van der Waals surface area contributed by atoms with Crippen LogP contribution in [0.25, 0.3) is 0 Å². The van der Waals surface area contributed by atoms with Crippen LogP contribution in [-0.4, -0.2) is 50.0 Å². The van der Waals surface area contributed by atoms with E-state index in [4.69, 9.17) is 23.2 Å². The summed E-state index contributed by atoms with van der Waals surface area (Å²) in [6.45, 7) is 7.11. The Hall–Kier alpha value is -2.29. The van der Waals surface area contributed by atoms with Crippen LogP contribution in [0.2, 0.25) is 10.0 Å². The van der Waals surface area contributed by atoms with Gasteiger partial charge >= 0.3 is 0 Å². The summed E-state index contributed by atoms with van der Waals surface area (Å²) in [5.41, 5.74) is 1.91. The molecule has 10 heteroatoms. The lowest BCUT2D eigenvalue weighted by atomic mass is 10.1. The van der Waals surface area contributed by atoms with Crippen molar-refractivity contribution in [3.05, 3.63) is 63.6 Å². The number of sulfonamides is 1. The van der Waals surface area contributed by atoms with Gasteiger partial charge in [0.2, 0.25) is 21.8 Å². The Morgan fingerprint density at radius 1 is 1.03 bits per heavy atom. The molecule has 0 aliphatic carbocycles. The van der Waals surface area contributed by atoms with Crippen LogP contribution in [0.15, 0.2) is 42.5 Å². The van der Waals surface area contributed by atoms with Crippen LogP contribution in [0.5, 0.6) is 0 Å². The fourth-order valence-corrected chi connectivity index (χ4v) is 4.75. The number of carbonyl (C=O) groups is 2. The summed E-state index contributed by atoms with van der Waals surface area (Å²) in [6.07, 6.45) is 2.13. The van der Waals surface area contributed by atoms with E-state index in [0.717, 1.165) is 22.5 Å². The number of anilines is 1. The zero-order valence-electron chi connectivity index (χ0n) is 20.7. The molecule has 0 aliphatic rings. The molecule has 0 saturated heterocycles. The number of rotatable bonds is 11. The summed E-state index contributed by atoms with van der Waals surface area (Å²) in [6, 6.07) is 11.0. The molecule has 0 fully saturated rings. The van der Waals surface area contributed by atoms with Crippen molar-refractivity contribution < 1.29 is 18.0 Å². The maximum atomic E-state index is 13.7. The average molecular weight is 543 g/mol. The number of carbonyl (C=O) groups excluding carboxylic acids is 2. The first-order chi connectivity index (χ1) is 16.4. The van der Waals surface area contributed by atoms with Crippen LogP contribution in [-0.2, 0) is 26.2 Å². The third-order valence-electron chi connectivity index (χ3n) is 5.69. The Morgan fingerprint density at radius 3 is 2.26 bits per heavy atom. The fourth-order valence-electron chi connectivity index (χ4n) is 3.59. The highest BCUT2D eigenvalue weighted by atomic mass is 35.5. The van der Waals surface area contributed by atoms with E-state index in [-0.39, 0.29) is 18.5 Å². The van der Waals surface area contributed by atoms with E-state index in [0.29, 0.717) is 27.7 Å². The van der Waals surface area contributed by atoms with Crippen molar-refractivity contribution in [1.82, 2.24) is 10.2 Å². The Balaban J connectivity index is 2.46. The van der Waals surface area contributed by atoms with E-state index >= 15 is 0 Å². The lowest BCUT2D eigenvalue weighted by Crippen LogP contribution is -2.53. The molecule has 1 N–H and O–H groups in total. The van der Waals surface area contributed by atoms with Gasteiger partial charge < -0.3 is 10.2 Å². The summed E-state index contributed by atoms with van der Waals surface area (Å²) >= 11 is 12.2. The molecule has 2 amide bonds. The molecule has 0 aliphatic heterocycles. The molecular formula is C25H33Cl2N3O4S. The number of hydrogen-bond donors (Lipinski definition) is 1. The van der Waals surface area contributed by atoms with E-state index in [1.165, 1.54) is 4.90 Å². The van der Waals surface area contributed by atoms with Gasteiger partial charge in [0.15, 0.2) is 0 Å². The van der Waals surface area contributed by atoms with Gasteiger partial charge in [0.25, 0.3) is 0 Å². The van der Waals surface area contributed by atoms with Crippen molar-refractivity contribution in [2.75, 3.05) is 17.1 Å². The molecule has 0 aromatic heterocycles. The van der Waals surface area contributed by atoms with Crippen molar-refractivity contribution in [1.29, 1.82) is 0 Å². The topological polar surface area (TPSA) is 86.8 Å². The van der Waals surface area contributed by atoms with Crippen LogP contribution in [0.3, 0.4) is 0 Å². The van der Waals surface area contributed by atoms with Gasteiger partial charge in [0, 0.05) is 12.6 Å². The number of nitrogens with one attached hydrogen (secondary N) is 1. The van der Waals surface area contributed by atoms with Crippen LogP contribution >= 0.6 is 23.2 Å². The van der Waals surface area contributed by atoms with Gasteiger partial charge in [0.05, 0.1) is 22.0 Å². The quantitative estimate of drug-likeness (QED) is 0.443. The predicted molar refractivity (Wildman–Crippen MR) is 142 cm³/mol. The first-order valence-corrected chi connectivity index (χ1v) is 14.1. The van der Waals surface area contributed by atoms with Crippen LogP contribution in [0, 0.1) is 6.92 Å². The SMILES string of the molecule is CC[C@H](C(=O)N[C@@H](C)CC)N(Cc1ccc(Cl)c(Cl)c1)C(=O)CN(c1cccc(C)c1)S(C)(=O)=O. The second kappa shape index (κ2) is 12.6. The lowest BCUT2D eigenvalue weighted by Gasteiger charge is -2.33. The Labute approximate surface area is 218 Å². The van der Waals surface area contributed by atoms with Gasteiger partial charge in [-0.3, -0.25) is 13.9 Å². The third kappa shape index (κ3) is 8.12. The molecule has 2 atom stereocenters. The first kappa shape index (κ1) is 28.9. The summed E-state index contributed by atoms with van der Waals surface area (Å²) in [5.74, 6) is -0.800. The minimum atomic E-state index is -3.78. The van der Waals surface area contributed by atoms with E-state index in [9.17, 15) is 18.0 Å². The highest BCUT2D eigenvalue weighted by Gasteiger charge is 2.32. The van der Waals surface area contributed by atoms with Crippen molar-refractivity contribution in [3.8, 4) is 0 Å². The second-order valence-electron chi connectivity index (χ2n) is 8.62. The van der Waals surface area contributed by atoms with Crippen molar-refractivity contribution in [2.24, 2.45) is 0 Å². The molecule has 192 valence electrons. The highest BCUT2D eigenvalue weighted by molar-refractivity contribution is 7.92. The predicted octanol–water partition coefficient (Wildman–Crippen LogP) is 4.79. The Bertz CT molecular complexity index is 1160. The summed E-state index contributed by atoms with van der Waals surface area (Å²) in [7, 11) is -3.78. The summed E-state index contributed by atoms with van der Waals surface area (Å²) in [4.78, 5) is 28.2. The van der Waals surface area contributed by atoms with Gasteiger partial charge in [-0.15, -0.1) is 0 Å². The van der Waals surface area contributed by atoms with Crippen LogP contribution < -0.4 is 9.62 Å². The molecule has 0 heterocycles. The van der Waals surface area contributed by atoms with E-state index in [2.05, 4.69) is 5.32 Å². The van der Waals surface area contributed by atoms with Gasteiger partial charge in [-0.05, 0) is 62.1 Å². The van der Waals surface area contributed by atoms with E-state index in [1.807, 2.05) is 33.8 Å². The lowest BCUT2D eigenvalue weighted by molar-refractivity contribution is -0.140. The van der Waals surface area contributed by atoms with Crippen LogP contribution in [0.1, 0.15) is 44.7 Å². The minimum absolute atomic E-state index is 0.0631. The summed E-state index contributed by atoms with van der Waals surface area (Å²) < 4.78 is 26.3. The molecule has 0 saturated carbocycles. The van der Waals surface area contributed by atoms with Gasteiger partial charge in [0.1, 0.15) is 12.6 Å². The number of aryl methyl sites for hydroxylation is 1. The molecule has 7 nitrogen and oxygen atoms in total. The fraction of sp³-hybridized carbons (Fsp3) is 0.440. The molecule has 2 rings (SSSR count). The van der Waals surface area contributed by atoms with Gasteiger partial charge in [-0.2, -0.15) is 0 Å². The molecule has 0 spiro atoms. The Morgan fingerprint density at radius 2 is 1.71 bits per heavy atom. The monoisotopic (exact) mass is 541 g/mol. The smallest absolute Gasteiger partial charge is 0.244 e. The molecule has 2 aromatic rings. The molecule has 0 bridgehead atoms. The van der Waals surface area contributed by atoms with E-state index < -0.39 is 28.5 Å². The largest absolute Gasteiger partial charge is 0.352 e.